The van der Waals surface area contributed by atoms with Crippen LogP contribution < -0.4 is 4.72 Å². The van der Waals surface area contributed by atoms with Gasteiger partial charge in [0.25, 0.3) is 0 Å². The van der Waals surface area contributed by atoms with Crippen molar-refractivity contribution in [3.05, 3.63) is 0 Å². The molecular weight excluding hydrogens is 252 g/mol. The number of aliphatic hydroxyl groups is 1. The molecule has 1 rings (SSSR count). The summed E-state index contributed by atoms with van der Waals surface area (Å²) in [5, 5.41) is 8.63. The van der Waals surface area contributed by atoms with E-state index in [1.165, 1.54) is 0 Å². The van der Waals surface area contributed by atoms with Gasteiger partial charge in [-0.1, -0.05) is 6.92 Å². The van der Waals surface area contributed by atoms with Crippen LogP contribution in [0, 0.1) is 5.92 Å². The molecule has 1 saturated heterocycles. The summed E-state index contributed by atoms with van der Waals surface area (Å²) in [5.41, 5.74) is 0. The van der Waals surface area contributed by atoms with Crippen molar-refractivity contribution >= 4 is 10.0 Å². The van der Waals surface area contributed by atoms with E-state index in [2.05, 4.69) is 16.5 Å². The number of piperidine rings is 1. The number of nitrogens with one attached hydrogen (secondary N) is 1. The van der Waals surface area contributed by atoms with E-state index in [-0.39, 0.29) is 12.4 Å². The standard InChI is InChI=1S/C12H26N2O3S/c1-2-14-7-5-12(6-8-14)11-13-18(16,17)10-4-3-9-15/h12-13,15H,2-11H2,1H3. The van der Waals surface area contributed by atoms with Crippen LogP contribution in [0.15, 0.2) is 0 Å². The molecule has 0 atom stereocenters. The molecule has 5 nitrogen and oxygen atoms in total. The van der Waals surface area contributed by atoms with Crippen LogP contribution in [0.4, 0.5) is 0 Å². The lowest BCUT2D eigenvalue weighted by molar-refractivity contribution is 0.193. The van der Waals surface area contributed by atoms with Gasteiger partial charge in [-0.15, -0.1) is 0 Å². The van der Waals surface area contributed by atoms with Crippen LogP contribution in [0.5, 0.6) is 0 Å². The zero-order valence-corrected chi connectivity index (χ0v) is 12.1. The zero-order chi connectivity index (χ0) is 13.4. The first-order chi connectivity index (χ1) is 8.57. The van der Waals surface area contributed by atoms with E-state index in [0.29, 0.717) is 25.3 Å². The molecule has 1 aliphatic heterocycles. The van der Waals surface area contributed by atoms with Crippen molar-refractivity contribution in [1.82, 2.24) is 9.62 Å². The van der Waals surface area contributed by atoms with Gasteiger partial charge in [0, 0.05) is 13.2 Å². The Morgan fingerprint density at radius 2 is 1.94 bits per heavy atom. The lowest BCUT2D eigenvalue weighted by Crippen LogP contribution is -2.39. The van der Waals surface area contributed by atoms with Crippen molar-refractivity contribution in [1.29, 1.82) is 0 Å². The Hall–Kier alpha value is -0.170. The van der Waals surface area contributed by atoms with Crippen LogP contribution in [0.1, 0.15) is 32.6 Å². The first kappa shape index (κ1) is 15.9. The molecule has 1 heterocycles. The van der Waals surface area contributed by atoms with Crippen LogP contribution in [0.3, 0.4) is 0 Å². The quantitative estimate of drug-likeness (QED) is 0.631. The van der Waals surface area contributed by atoms with Crippen LogP contribution in [-0.4, -0.2) is 57.0 Å². The van der Waals surface area contributed by atoms with E-state index in [0.717, 1.165) is 32.5 Å². The van der Waals surface area contributed by atoms with Gasteiger partial charge in [0.1, 0.15) is 0 Å². The predicted octanol–water partition coefficient (Wildman–Crippen LogP) is 0.410. The van der Waals surface area contributed by atoms with Gasteiger partial charge in [-0.3, -0.25) is 0 Å². The van der Waals surface area contributed by atoms with E-state index in [1.807, 2.05) is 0 Å². The van der Waals surface area contributed by atoms with Crippen molar-refractivity contribution in [3.8, 4) is 0 Å². The molecule has 0 aromatic rings. The molecule has 18 heavy (non-hydrogen) atoms. The third-order valence-electron chi connectivity index (χ3n) is 3.57. The average Bonchev–Trinajstić information content (AvgIpc) is 2.37. The maximum atomic E-state index is 11.7. The molecule has 0 unspecified atom stereocenters. The van der Waals surface area contributed by atoms with E-state index < -0.39 is 10.0 Å². The first-order valence-electron chi connectivity index (χ1n) is 6.88. The highest BCUT2D eigenvalue weighted by Gasteiger charge is 2.19. The van der Waals surface area contributed by atoms with Crippen molar-refractivity contribution in [2.24, 2.45) is 5.92 Å². The van der Waals surface area contributed by atoms with Crippen LogP contribution in [0.2, 0.25) is 0 Å². The maximum absolute atomic E-state index is 11.7. The second-order valence-electron chi connectivity index (χ2n) is 4.98. The first-order valence-corrected chi connectivity index (χ1v) is 8.53. The number of rotatable bonds is 8. The van der Waals surface area contributed by atoms with Gasteiger partial charge in [-0.2, -0.15) is 0 Å². The normalized spacial score (nSPS) is 19.2. The molecule has 0 aromatic carbocycles. The summed E-state index contributed by atoms with van der Waals surface area (Å²) in [4.78, 5) is 2.40. The maximum Gasteiger partial charge on any atom is 0.211 e. The summed E-state index contributed by atoms with van der Waals surface area (Å²) in [6.07, 6.45) is 3.23. The van der Waals surface area contributed by atoms with E-state index in [1.54, 1.807) is 0 Å². The van der Waals surface area contributed by atoms with Crippen molar-refractivity contribution in [2.45, 2.75) is 32.6 Å². The summed E-state index contributed by atoms with van der Waals surface area (Å²) in [6.45, 7) is 6.02. The fourth-order valence-electron chi connectivity index (χ4n) is 2.23. The number of hydrogen-bond acceptors (Lipinski definition) is 4. The zero-order valence-electron chi connectivity index (χ0n) is 11.3. The summed E-state index contributed by atoms with van der Waals surface area (Å²) >= 11 is 0. The molecular formula is C12H26N2O3S. The van der Waals surface area contributed by atoms with Crippen molar-refractivity contribution < 1.29 is 13.5 Å². The molecule has 6 heteroatoms. The number of sulfonamides is 1. The van der Waals surface area contributed by atoms with Crippen LogP contribution in [0.25, 0.3) is 0 Å². The second-order valence-corrected chi connectivity index (χ2v) is 6.90. The van der Waals surface area contributed by atoms with Gasteiger partial charge in [0.05, 0.1) is 5.75 Å². The summed E-state index contributed by atoms with van der Waals surface area (Å²) in [7, 11) is -3.15. The largest absolute Gasteiger partial charge is 0.396 e. The van der Waals surface area contributed by atoms with Gasteiger partial charge >= 0.3 is 0 Å². The smallest absolute Gasteiger partial charge is 0.211 e. The van der Waals surface area contributed by atoms with Gasteiger partial charge in [-0.25, -0.2) is 13.1 Å². The van der Waals surface area contributed by atoms with Gasteiger partial charge in [0.15, 0.2) is 0 Å². The predicted molar refractivity (Wildman–Crippen MR) is 72.9 cm³/mol. The highest BCUT2D eigenvalue weighted by molar-refractivity contribution is 7.89. The average molecular weight is 278 g/mol. The summed E-state index contributed by atoms with van der Waals surface area (Å²) < 4.78 is 26.0. The van der Waals surface area contributed by atoms with Gasteiger partial charge < -0.3 is 10.0 Å². The Balaban J connectivity index is 2.20. The molecule has 2 N–H and O–H groups in total. The Morgan fingerprint density at radius 1 is 1.28 bits per heavy atom. The van der Waals surface area contributed by atoms with E-state index in [4.69, 9.17) is 5.11 Å². The topological polar surface area (TPSA) is 69.6 Å². The van der Waals surface area contributed by atoms with Crippen molar-refractivity contribution in [2.75, 3.05) is 38.5 Å². The molecule has 108 valence electrons. The highest BCUT2D eigenvalue weighted by Crippen LogP contribution is 2.16. The minimum Gasteiger partial charge on any atom is -0.396 e. The Morgan fingerprint density at radius 3 is 2.50 bits per heavy atom. The minimum atomic E-state index is -3.15. The van der Waals surface area contributed by atoms with Crippen LogP contribution >= 0.6 is 0 Å². The monoisotopic (exact) mass is 278 g/mol. The molecule has 0 aromatic heterocycles. The lowest BCUT2D eigenvalue weighted by Gasteiger charge is -2.30. The third-order valence-corrected chi connectivity index (χ3v) is 5.00. The number of unbranched alkanes of at least 4 members (excludes halogenated alkanes) is 1. The van der Waals surface area contributed by atoms with Crippen molar-refractivity contribution in [3.63, 3.8) is 0 Å². The molecule has 1 fully saturated rings. The molecule has 0 aliphatic carbocycles. The van der Waals surface area contributed by atoms with E-state index in [9.17, 15) is 8.42 Å². The molecule has 0 radical (unpaired) electrons. The fraction of sp³-hybridized carbons (Fsp3) is 1.00. The summed E-state index contributed by atoms with van der Waals surface area (Å²) in [6, 6.07) is 0. The number of hydrogen-bond donors (Lipinski definition) is 2. The Bertz CT molecular complexity index is 311. The highest BCUT2D eigenvalue weighted by atomic mass is 32.2. The molecule has 0 spiro atoms. The Labute approximate surface area is 111 Å². The fourth-order valence-corrected chi connectivity index (χ4v) is 3.45. The third kappa shape index (κ3) is 6.13. The SMILES string of the molecule is CCN1CCC(CNS(=O)(=O)CCCCO)CC1. The summed E-state index contributed by atoms with van der Waals surface area (Å²) in [5.74, 6) is 0.599. The number of aliphatic hydroxyl groups excluding tert-OH is 1. The Kier molecular flexibility index (Phi) is 7.14. The molecule has 0 bridgehead atoms. The minimum absolute atomic E-state index is 0.0605. The van der Waals surface area contributed by atoms with Gasteiger partial charge in [-0.05, 0) is 51.2 Å². The number of nitrogens with zero attached hydrogens (tertiary/aromatic N) is 1. The molecule has 1 aliphatic rings. The second kappa shape index (κ2) is 8.09. The lowest BCUT2D eigenvalue weighted by atomic mass is 9.97. The molecule has 0 amide bonds. The van der Waals surface area contributed by atoms with Crippen LogP contribution in [-0.2, 0) is 10.0 Å². The molecule has 0 saturated carbocycles. The van der Waals surface area contributed by atoms with Gasteiger partial charge in [0.2, 0.25) is 10.0 Å². The number of likely N-dealkylation sites (tertiary alicyclic amines) is 1. The van der Waals surface area contributed by atoms with E-state index >= 15 is 0 Å².